The molecule has 7 nitrogen and oxygen atoms in total. The second-order valence-corrected chi connectivity index (χ2v) is 8.10. The normalized spacial score (nSPS) is 11.1. The predicted octanol–water partition coefficient (Wildman–Crippen LogP) is 4.20. The summed E-state index contributed by atoms with van der Waals surface area (Å²) in [6.45, 7) is 5.07. The quantitative estimate of drug-likeness (QED) is 0.464. The largest absolute Gasteiger partial charge is 0.456 e. The Bertz CT molecular complexity index is 857. The number of esters is 1. The molecule has 0 bridgehead atoms. The number of benzene rings is 1. The molecule has 1 N–H and O–H groups in total. The topological polar surface area (TPSA) is 98.5 Å². The first-order valence-electron chi connectivity index (χ1n) is 7.61. The van der Waals surface area contributed by atoms with E-state index in [9.17, 15) is 19.7 Å². The summed E-state index contributed by atoms with van der Waals surface area (Å²) in [6.07, 6.45) is 0. The van der Waals surface area contributed by atoms with Gasteiger partial charge in [-0.3, -0.25) is 14.9 Å². The molecule has 0 saturated carbocycles. The Morgan fingerprint density at radius 2 is 1.96 bits per heavy atom. The number of nitro groups is 1. The maximum atomic E-state index is 12.1. The molecule has 0 saturated heterocycles. The number of amides is 1. The fraction of sp³-hybridized carbons (Fsp3) is 0.294. The number of carbonyl (C=O) groups excluding carboxylic acids is 2. The van der Waals surface area contributed by atoms with Crippen LogP contribution in [0.4, 0.5) is 5.69 Å². The number of nitro benzene ring substituents is 1. The van der Waals surface area contributed by atoms with Crippen LogP contribution in [-0.4, -0.2) is 22.4 Å². The zero-order valence-electron chi connectivity index (χ0n) is 14.4. The van der Waals surface area contributed by atoms with Crippen LogP contribution >= 0.6 is 22.9 Å². The molecule has 1 aromatic carbocycles. The highest BCUT2D eigenvalue weighted by Crippen LogP contribution is 2.24. The van der Waals surface area contributed by atoms with E-state index >= 15 is 0 Å². The molecule has 1 amide bonds. The second kappa shape index (κ2) is 7.84. The summed E-state index contributed by atoms with van der Waals surface area (Å²) in [5.74, 6) is -1.03. The molecular weight excluding hydrogens is 380 g/mol. The lowest BCUT2D eigenvalue weighted by Crippen LogP contribution is -2.24. The molecule has 0 atom stereocenters. The van der Waals surface area contributed by atoms with Crippen molar-refractivity contribution in [3.05, 3.63) is 60.8 Å². The highest BCUT2D eigenvalue weighted by molar-refractivity contribution is 7.17. The molecule has 26 heavy (non-hydrogen) atoms. The molecule has 138 valence electrons. The molecule has 2 aromatic rings. The van der Waals surface area contributed by atoms with E-state index in [4.69, 9.17) is 16.3 Å². The number of hydrogen-bond donors (Lipinski definition) is 1. The van der Waals surface area contributed by atoms with Crippen LogP contribution < -0.4 is 5.32 Å². The van der Waals surface area contributed by atoms with Crippen molar-refractivity contribution in [3.63, 3.8) is 0 Å². The molecule has 1 heterocycles. The van der Waals surface area contributed by atoms with E-state index in [2.05, 4.69) is 5.32 Å². The standard InChI is InChI=1S/C17H17ClN2O5S/c1-17(2,3)25-16(22)10-4-5-11(12(8-10)20(23)24)9-19-15(21)13-6-7-14(18)26-13/h4-8H,9H2,1-3H3,(H,19,21). The van der Waals surface area contributed by atoms with Gasteiger partial charge in [-0.15, -0.1) is 11.3 Å². The van der Waals surface area contributed by atoms with Crippen LogP contribution in [0.2, 0.25) is 4.34 Å². The summed E-state index contributed by atoms with van der Waals surface area (Å²) in [5, 5.41) is 13.9. The van der Waals surface area contributed by atoms with E-state index < -0.39 is 16.5 Å². The summed E-state index contributed by atoms with van der Waals surface area (Å²) >= 11 is 6.90. The third-order valence-electron chi connectivity index (χ3n) is 3.15. The van der Waals surface area contributed by atoms with Crippen LogP contribution in [0.25, 0.3) is 0 Å². The van der Waals surface area contributed by atoms with E-state index in [0.717, 1.165) is 17.4 Å². The van der Waals surface area contributed by atoms with E-state index in [1.54, 1.807) is 32.9 Å². The molecule has 0 fully saturated rings. The zero-order valence-corrected chi connectivity index (χ0v) is 15.9. The summed E-state index contributed by atoms with van der Waals surface area (Å²) in [5.41, 5.74) is -0.622. The van der Waals surface area contributed by atoms with Crippen LogP contribution in [0, 0.1) is 10.1 Å². The van der Waals surface area contributed by atoms with Crippen molar-refractivity contribution in [2.24, 2.45) is 0 Å². The third kappa shape index (κ3) is 5.27. The Kier molecular flexibility index (Phi) is 5.99. The first kappa shape index (κ1) is 19.9. The Balaban J connectivity index is 2.17. The van der Waals surface area contributed by atoms with Crippen molar-refractivity contribution in [2.75, 3.05) is 0 Å². The Morgan fingerprint density at radius 3 is 2.50 bits per heavy atom. The van der Waals surface area contributed by atoms with Crippen molar-refractivity contribution in [2.45, 2.75) is 32.9 Å². The molecule has 0 spiro atoms. The maximum Gasteiger partial charge on any atom is 0.338 e. The molecule has 2 rings (SSSR count). The van der Waals surface area contributed by atoms with Crippen LogP contribution in [0.3, 0.4) is 0 Å². The van der Waals surface area contributed by atoms with Gasteiger partial charge in [-0.1, -0.05) is 11.6 Å². The SMILES string of the molecule is CC(C)(C)OC(=O)c1ccc(CNC(=O)c2ccc(Cl)s2)c([N+](=O)[O-])c1. The van der Waals surface area contributed by atoms with Crippen LogP contribution in [0.15, 0.2) is 30.3 Å². The van der Waals surface area contributed by atoms with Crippen molar-refractivity contribution in [1.82, 2.24) is 5.32 Å². The molecule has 0 unspecified atom stereocenters. The van der Waals surface area contributed by atoms with Gasteiger partial charge >= 0.3 is 5.97 Å². The predicted molar refractivity (Wildman–Crippen MR) is 98.8 cm³/mol. The molecule has 0 aliphatic rings. The molecule has 9 heteroatoms. The van der Waals surface area contributed by atoms with E-state index in [1.165, 1.54) is 12.1 Å². The molecule has 0 radical (unpaired) electrons. The van der Waals surface area contributed by atoms with Gasteiger partial charge in [0, 0.05) is 18.2 Å². The smallest absolute Gasteiger partial charge is 0.338 e. The van der Waals surface area contributed by atoms with Crippen molar-refractivity contribution in [3.8, 4) is 0 Å². The number of nitrogens with zero attached hydrogens (tertiary/aromatic N) is 1. The third-order valence-corrected chi connectivity index (χ3v) is 4.38. The average molecular weight is 397 g/mol. The minimum Gasteiger partial charge on any atom is -0.456 e. The first-order chi connectivity index (χ1) is 12.1. The van der Waals surface area contributed by atoms with E-state index in [-0.39, 0.29) is 29.3 Å². The highest BCUT2D eigenvalue weighted by atomic mass is 35.5. The van der Waals surface area contributed by atoms with Gasteiger partial charge in [0.05, 0.1) is 19.7 Å². The van der Waals surface area contributed by atoms with Crippen LogP contribution in [-0.2, 0) is 11.3 Å². The van der Waals surface area contributed by atoms with Crippen molar-refractivity contribution >= 4 is 40.5 Å². The van der Waals surface area contributed by atoms with Crippen LogP contribution in [0.5, 0.6) is 0 Å². The molecular formula is C17H17ClN2O5S. The second-order valence-electron chi connectivity index (χ2n) is 6.39. The Labute approximate surface area is 159 Å². The fourth-order valence-electron chi connectivity index (χ4n) is 2.05. The number of hydrogen-bond acceptors (Lipinski definition) is 6. The van der Waals surface area contributed by atoms with E-state index in [0.29, 0.717) is 9.21 Å². The molecule has 1 aromatic heterocycles. The molecule has 0 aliphatic heterocycles. The monoisotopic (exact) mass is 396 g/mol. The van der Waals surface area contributed by atoms with Gasteiger partial charge in [0.2, 0.25) is 0 Å². The van der Waals surface area contributed by atoms with Gasteiger partial charge in [0.25, 0.3) is 11.6 Å². The van der Waals surface area contributed by atoms with Gasteiger partial charge in [-0.25, -0.2) is 4.79 Å². The number of carbonyl (C=O) groups is 2. The van der Waals surface area contributed by atoms with Gasteiger partial charge in [-0.05, 0) is 45.0 Å². The maximum absolute atomic E-state index is 12.1. The lowest BCUT2D eigenvalue weighted by Gasteiger charge is -2.19. The number of ether oxygens (including phenoxy) is 1. The van der Waals surface area contributed by atoms with Crippen LogP contribution in [0.1, 0.15) is 46.4 Å². The lowest BCUT2D eigenvalue weighted by atomic mass is 10.1. The summed E-state index contributed by atoms with van der Waals surface area (Å²) in [4.78, 5) is 35.2. The van der Waals surface area contributed by atoms with Gasteiger partial charge in [0.1, 0.15) is 5.60 Å². The summed E-state index contributed by atoms with van der Waals surface area (Å²) < 4.78 is 5.69. The van der Waals surface area contributed by atoms with Crippen molar-refractivity contribution in [1.29, 1.82) is 0 Å². The average Bonchev–Trinajstić information content (AvgIpc) is 2.97. The number of halogens is 1. The minimum absolute atomic E-state index is 0.0563. The highest BCUT2D eigenvalue weighted by Gasteiger charge is 2.22. The number of rotatable bonds is 5. The van der Waals surface area contributed by atoms with E-state index in [1.807, 2.05) is 0 Å². The lowest BCUT2D eigenvalue weighted by molar-refractivity contribution is -0.385. The first-order valence-corrected chi connectivity index (χ1v) is 8.80. The van der Waals surface area contributed by atoms with Gasteiger partial charge in [0.15, 0.2) is 0 Å². The Hall–Kier alpha value is -2.45. The summed E-state index contributed by atoms with van der Waals surface area (Å²) in [6, 6.07) is 7.18. The van der Waals surface area contributed by atoms with Crippen molar-refractivity contribution < 1.29 is 19.2 Å². The number of thiophene rings is 1. The zero-order chi connectivity index (χ0) is 19.5. The fourth-order valence-corrected chi connectivity index (χ4v) is 3.01. The minimum atomic E-state index is -0.708. The number of nitrogens with one attached hydrogen (secondary N) is 1. The van der Waals surface area contributed by atoms with Gasteiger partial charge in [-0.2, -0.15) is 0 Å². The molecule has 0 aliphatic carbocycles. The summed E-state index contributed by atoms with van der Waals surface area (Å²) in [7, 11) is 0. The van der Waals surface area contributed by atoms with Gasteiger partial charge < -0.3 is 10.1 Å². The Morgan fingerprint density at radius 1 is 1.27 bits per heavy atom.